The Balaban J connectivity index is 1.85. The minimum atomic E-state index is -3.95. The Hall–Kier alpha value is -2.65. The number of nitro groups is 1. The number of non-ortho nitro benzene ring substituents is 1. The first-order valence-electron chi connectivity index (χ1n) is 8.49. The standard InChI is InChI=1S/C18H21N3O5S/c1-13-11-17(21(22)23)12-18(14(13)2)27(24,25)19-15-3-5-16(6-4-15)20-7-9-26-10-8-20/h3-6,11-12,19H,7-10H2,1-2H3. The first-order valence-corrected chi connectivity index (χ1v) is 9.97. The van der Waals surface area contributed by atoms with Gasteiger partial charge in [0.2, 0.25) is 0 Å². The van der Waals surface area contributed by atoms with E-state index < -0.39 is 14.9 Å². The summed E-state index contributed by atoms with van der Waals surface area (Å²) in [5, 5.41) is 11.1. The molecule has 1 saturated heterocycles. The quantitative estimate of drug-likeness (QED) is 0.621. The van der Waals surface area contributed by atoms with Crippen molar-refractivity contribution >= 4 is 27.1 Å². The average Bonchev–Trinajstić information content (AvgIpc) is 2.64. The number of nitrogens with one attached hydrogen (secondary N) is 1. The van der Waals surface area contributed by atoms with Crippen molar-refractivity contribution in [1.82, 2.24) is 0 Å². The summed E-state index contributed by atoms with van der Waals surface area (Å²) < 4.78 is 33.4. The first kappa shape index (κ1) is 19.1. The highest BCUT2D eigenvalue weighted by Crippen LogP contribution is 2.27. The van der Waals surface area contributed by atoms with E-state index in [1.165, 1.54) is 6.07 Å². The van der Waals surface area contributed by atoms with Crippen LogP contribution in [0, 0.1) is 24.0 Å². The Morgan fingerprint density at radius 2 is 1.74 bits per heavy atom. The van der Waals surface area contributed by atoms with E-state index in [9.17, 15) is 18.5 Å². The fraction of sp³-hybridized carbons (Fsp3) is 0.333. The maximum atomic E-state index is 12.8. The first-order chi connectivity index (χ1) is 12.8. The Bertz CT molecular complexity index is 952. The van der Waals surface area contributed by atoms with Crippen LogP contribution in [0.1, 0.15) is 11.1 Å². The molecular weight excluding hydrogens is 370 g/mol. The predicted octanol–water partition coefficient (Wildman–Crippen LogP) is 2.85. The van der Waals surface area contributed by atoms with Gasteiger partial charge in [-0.05, 0) is 49.2 Å². The highest BCUT2D eigenvalue weighted by atomic mass is 32.2. The molecule has 0 bridgehead atoms. The summed E-state index contributed by atoms with van der Waals surface area (Å²) in [6, 6.07) is 9.51. The van der Waals surface area contributed by atoms with E-state index in [-0.39, 0.29) is 10.6 Å². The highest BCUT2D eigenvalue weighted by Gasteiger charge is 2.22. The molecule has 0 aliphatic carbocycles. The van der Waals surface area contributed by atoms with E-state index in [0.717, 1.165) is 24.8 Å². The third-order valence-electron chi connectivity index (χ3n) is 4.60. The van der Waals surface area contributed by atoms with Crippen LogP contribution in [0.25, 0.3) is 0 Å². The van der Waals surface area contributed by atoms with Crippen molar-refractivity contribution in [2.45, 2.75) is 18.7 Å². The molecule has 8 nitrogen and oxygen atoms in total. The molecule has 1 fully saturated rings. The second-order valence-electron chi connectivity index (χ2n) is 6.39. The largest absolute Gasteiger partial charge is 0.378 e. The van der Waals surface area contributed by atoms with Gasteiger partial charge in [-0.1, -0.05) is 0 Å². The summed E-state index contributed by atoms with van der Waals surface area (Å²) in [5.41, 5.74) is 2.17. The molecule has 1 aliphatic rings. The number of morpholine rings is 1. The summed E-state index contributed by atoms with van der Waals surface area (Å²) in [6.07, 6.45) is 0. The molecule has 3 rings (SSSR count). The molecule has 0 aromatic heterocycles. The molecule has 144 valence electrons. The molecule has 0 saturated carbocycles. The average molecular weight is 391 g/mol. The van der Waals surface area contributed by atoms with Crippen molar-refractivity contribution in [2.24, 2.45) is 0 Å². The fourth-order valence-electron chi connectivity index (χ4n) is 2.97. The molecule has 0 unspecified atom stereocenters. The van der Waals surface area contributed by atoms with Gasteiger partial charge in [0, 0.05) is 36.6 Å². The van der Waals surface area contributed by atoms with Crippen LogP contribution in [0.15, 0.2) is 41.3 Å². The summed E-state index contributed by atoms with van der Waals surface area (Å²) in [7, 11) is -3.95. The minimum absolute atomic E-state index is 0.0912. The predicted molar refractivity (Wildman–Crippen MR) is 103 cm³/mol. The lowest BCUT2D eigenvalue weighted by Crippen LogP contribution is -2.36. The zero-order chi connectivity index (χ0) is 19.6. The number of hydrogen-bond acceptors (Lipinski definition) is 6. The number of sulfonamides is 1. The second-order valence-corrected chi connectivity index (χ2v) is 8.05. The summed E-state index contributed by atoms with van der Waals surface area (Å²) in [6.45, 7) is 6.20. The number of anilines is 2. The van der Waals surface area contributed by atoms with Crippen molar-refractivity contribution in [3.63, 3.8) is 0 Å². The maximum absolute atomic E-state index is 12.8. The van der Waals surface area contributed by atoms with Crippen LogP contribution >= 0.6 is 0 Å². The molecule has 0 atom stereocenters. The van der Waals surface area contributed by atoms with Crippen molar-refractivity contribution < 1.29 is 18.1 Å². The highest BCUT2D eigenvalue weighted by molar-refractivity contribution is 7.92. The van der Waals surface area contributed by atoms with Crippen LogP contribution < -0.4 is 9.62 Å². The number of benzene rings is 2. The zero-order valence-electron chi connectivity index (χ0n) is 15.1. The lowest BCUT2D eigenvalue weighted by molar-refractivity contribution is -0.385. The molecule has 1 heterocycles. The second kappa shape index (κ2) is 7.53. The van der Waals surface area contributed by atoms with Gasteiger partial charge >= 0.3 is 0 Å². The normalized spacial score (nSPS) is 14.8. The van der Waals surface area contributed by atoms with Crippen LogP contribution in [-0.4, -0.2) is 39.6 Å². The Morgan fingerprint density at radius 1 is 1.11 bits per heavy atom. The number of nitro benzene ring substituents is 1. The summed E-state index contributed by atoms with van der Waals surface area (Å²) in [5.74, 6) is 0. The van der Waals surface area contributed by atoms with Crippen molar-refractivity contribution in [2.75, 3.05) is 35.9 Å². The monoisotopic (exact) mass is 391 g/mol. The molecule has 9 heteroatoms. The van der Waals surface area contributed by atoms with Crippen LogP contribution in [0.2, 0.25) is 0 Å². The summed E-state index contributed by atoms with van der Waals surface area (Å²) >= 11 is 0. The molecule has 0 spiro atoms. The third kappa shape index (κ3) is 4.20. The number of rotatable bonds is 5. The number of aryl methyl sites for hydroxylation is 1. The van der Waals surface area contributed by atoms with Crippen LogP contribution in [0.4, 0.5) is 17.1 Å². The van der Waals surface area contributed by atoms with Crippen LogP contribution in [0.5, 0.6) is 0 Å². The van der Waals surface area contributed by atoms with Crippen molar-refractivity contribution in [3.8, 4) is 0 Å². The van der Waals surface area contributed by atoms with Gasteiger partial charge in [0.05, 0.1) is 23.0 Å². The Kier molecular flexibility index (Phi) is 5.33. The maximum Gasteiger partial charge on any atom is 0.271 e. The van der Waals surface area contributed by atoms with Crippen molar-refractivity contribution in [3.05, 3.63) is 57.6 Å². The zero-order valence-corrected chi connectivity index (χ0v) is 16.0. The number of hydrogen-bond donors (Lipinski definition) is 1. The molecule has 1 aliphatic heterocycles. The lowest BCUT2D eigenvalue weighted by Gasteiger charge is -2.28. The van der Waals surface area contributed by atoms with Gasteiger partial charge in [0.25, 0.3) is 15.7 Å². The van der Waals surface area contributed by atoms with Gasteiger partial charge in [-0.25, -0.2) is 8.42 Å². The Morgan fingerprint density at radius 3 is 2.33 bits per heavy atom. The molecule has 0 radical (unpaired) electrons. The number of nitrogens with zero attached hydrogens (tertiary/aromatic N) is 2. The van der Waals surface area contributed by atoms with Gasteiger partial charge in [-0.3, -0.25) is 14.8 Å². The van der Waals surface area contributed by atoms with Gasteiger partial charge in [-0.2, -0.15) is 0 Å². The lowest BCUT2D eigenvalue weighted by atomic mass is 10.1. The van der Waals surface area contributed by atoms with E-state index in [1.54, 1.807) is 26.0 Å². The summed E-state index contributed by atoms with van der Waals surface area (Å²) in [4.78, 5) is 12.5. The van der Waals surface area contributed by atoms with Crippen molar-refractivity contribution in [1.29, 1.82) is 0 Å². The van der Waals surface area contributed by atoms with E-state index in [1.807, 2.05) is 12.1 Å². The van der Waals surface area contributed by atoms with E-state index >= 15 is 0 Å². The fourth-order valence-corrected chi connectivity index (χ4v) is 4.36. The molecule has 0 amide bonds. The number of ether oxygens (including phenoxy) is 1. The van der Waals surface area contributed by atoms with Gasteiger partial charge < -0.3 is 9.64 Å². The molecule has 2 aromatic carbocycles. The minimum Gasteiger partial charge on any atom is -0.378 e. The van der Waals surface area contributed by atoms with E-state index in [4.69, 9.17) is 4.74 Å². The third-order valence-corrected chi connectivity index (χ3v) is 6.11. The van der Waals surface area contributed by atoms with Gasteiger partial charge in [0.1, 0.15) is 0 Å². The molecular formula is C18H21N3O5S. The molecule has 27 heavy (non-hydrogen) atoms. The molecule has 1 N–H and O–H groups in total. The van der Waals surface area contributed by atoms with E-state index in [2.05, 4.69) is 9.62 Å². The van der Waals surface area contributed by atoms with Crippen LogP contribution in [0.3, 0.4) is 0 Å². The van der Waals surface area contributed by atoms with Gasteiger partial charge in [-0.15, -0.1) is 0 Å². The van der Waals surface area contributed by atoms with Crippen LogP contribution in [-0.2, 0) is 14.8 Å². The van der Waals surface area contributed by atoms with E-state index in [0.29, 0.717) is 30.0 Å². The Labute approximate surface area is 158 Å². The molecule has 2 aromatic rings. The topological polar surface area (TPSA) is 102 Å². The van der Waals surface area contributed by atoms with Gasteiger partial charge in [0.15, 0.2) is 0 Å². The SMILES string of the molecule is Cc1cc([N+](=O)[O-])cc(S(=O)(=O)Nc2ccc(N3CCOCC3)cc2)c1C. The smallest absolute Gasteiger partial charge is 0.271 e.